The summed E-state index contributed by atoms with van der Waals surface area (Å²) in [5, 5.41) is 1.76. The van der Waals surface area contributed by atoms with Crippen LogP contribution in [0.15, 0.2) is 72.8 Å². The van der Waals surface area contributed by atoms with Crippen molar-refractivity contribution in [3.8, 4) is 0 Å². The van der Waals surface area contributed by atoms with E-state index < -0.39 is 9.84 Å². The molecule has 0 atom stereocenters. The molecule has 0 radical (unpaired) electrons. The highest BCUT2D eigenvalue weighted by molar-refractivity contribution is 7.91. The number of amides is 1. The van der Waals surface area contributed by atoms with Crippen LogP contribution in [0.3, 0.4) is 0 Å². The van der Waals surface area contributed by atoms with Crippen molar-refractivity contribution >= 4 is 26.5 Å². The lowest BCUT2D eigenvalue weighted by molar-refractivity contribution is 0.0726. The van der Waals surface area contributed by atoms with Gasteiger partial charge in [-0.15, -0.1) is 0 Å². The van der Waals surface area contributed by atoms with Gasteiger partial charge in [0.25, 0.3) is 5.91 Å². The van der Waals surface area contributed by atoms with E-state index in [9.17, 15) is 13.2 Å². The number of benzene rings is 3. The Bertz CT molecular complexity index is 1090. The van der Waals surface area contributed by atoms with Gasteiger partial charge in [-0.25, -0.2) is 8.42 Å². The first-order valence-corrected chi connectivity index (χ1v) is 11.3. The van der Waals surface area contributed by atoms with E-state index in [1.165, 1.54) is 0 Å². The average molecular weight is 394 g/mol. The van der Waals surface area contributed by atoms with Gasteiger partial charge in [-0.05, 0) is 41.3 Å². The van der Waals surface area contributed by atoms with Crippen LogP contribution in [0.5, 0.6) is 0 Å². The Labute approximate surface area is 165 Å². The van der Waals surface area contributed by atoms with Gasteiger partial charge in [-0.1, -0.05) is 60.7 Å². The van der Waals surface area contributed by atoms with Crippen molar-refractivity contribution in [2.75, 3.05) is 13.1 Å². The number of sulfone groups is 1. The first-order valence-electron chi connectivity index (χ1n) is 9.56. The number of likely N-dealkylation sites (tertiary alicyclic amines) is 1. The van der Waals surface area contributed by atoms with E-state index in [4.69, 9.17) is 0 Å². The molecule has 0 aliphatic carbocycles. The molecular weight excluding hydrogens is 370 g/mol. The topological polar surface area (TPSA) is 54.5 Å². The lowest BCUT2D eigenvalue weighted by atomic mass is 10.0. The number of rotatable bonds is 4. The molecule has 5 heteroatoms. The van der Waals surface area contributed by atoms with Crippen molar-refractivity contribution in [1.82, 2.24) is 4.90 Å². The first kappa shape index (κ1) is 18.7. The van der Waals surface area contributed by atoms with Crippen LogP contribution in [0.1, 0.15) is 28.8 Å². The van der Waals surface area contributed by atoms with E-state index in [0.717, 1.165) is 16.3 Å². The molecule has 3 aromatic rings. The molecule has 0 saturated carbocycles. The lowest BCUT2D eigenvalue weighted by Crippen LogP contribution is -2.42. The van der Waals surface area contributed by atoms with Crippen LogP contribution in [-0.4, -0.2) is 37.6 Å². The molecule has 1 heterocycles. The van der Waals surface area contributed by atoms with E-state index in [-0.39, 0.29) is 16.9 Å². The van der Waals surface area contributed by atoms with E-state index >= 15 is 0 Å². The monoisotopic (exact) mass is 393 g/mol. The minimum absolute atomic E-state index is 0.0235. The molecule has 0 bridgehead atoms. The lowest BCUT2D eigenvalue weighted by Gasteiger charge is -2.32. The van der Waals surface area contributed by atoms with Gasteiger partial charge in [-0.2, -0.15) is 0 Å². The maximum absolute atomic E-state index is 12.9. The summed E-state index contributed by atoms with van der Waals surface area (Å²) in [5.41, 5.74) is 1.47. The Hall–Kier alpha value is -2.66. The third-order valence-corrected chi connectivity index (χ3v) is 7.67. The van der Waals surface area contributed by atoms with Crippen molar-refractivity contribution in [2.24, 2.45) is 0 Å². The fraction of sp³-hybridized carbons (Fsp3) is 0.261. The quantitative estimate of drug-likeness (QED) is 0.672. The van der Waals surface area contributed by atoms with Crippen molar-refractivity contribution in [1.29, 1.82) is 0 Å². The molecule has 0 unspecified atom stereocenters. The maximum atomic E-state index is 12.9. The molecule has 144 valence electrons. The fourth-order valence-electron chi connectivity index (χ4n) is 3.85. The van der Waals surface area contributed by atoms with Gasteiger partial charge in [0, 0.05) is 18.7 Å². The van der Waals surface area contributed by atoms with Crippen molar-refractivity contribution < 1.29 is 13.2 Å². The molecule has 1 amide bonds. The van der Waals surface area contributed by atoms with Crippen LogP contribution in [0.4, 0.5) is 0 Å². The first-order chi connectivity index (χ1) is 13.5. The van der Waals surface area contributed by atoms with Crippen molar-refractivity contribution in [3.05, 3.63) is 83.9 Å². The summed E-state index contributed by atoms with van der Waals surface area (Å²) in [4.78, 5) is 14.6. The summed E-state index contributed by atoms with van der Waals surface area (Å²) in [5.74, 6) is 0.0431. The minimum atomic E-state index is -3.22. The largest absolute Gasteiger partial charge is 0.339 e. The summed E-state index contributed by atoms with van der Waals surface area (Å²) >= 11 is 0. The standard InChI is InChI=1S/C23H23NO3S/c25-23(21-11-10-19-8-4-5-9-20(19)16-21)24-14-12-22(13-15-24)28(26,27)17-18-6-2-1-3-7-18/h1-11,16,22H,12-15,17H2. The van der Waals surface area contributed by atoms with Crippen LogP contribution >= 0.6 is 0 Å². The van der Waals surface area contributed by atoms with Gasteiger partial charge in [0.15, 0.2) is 9.84 Å². The zero-order chi connectivity index (χ0) is 19.6. The summed E-state index contributed by atoms with van der Waals surface area (Å²) in [6.07, 6.45) is 0.989. The van der Waals surface area contributed by atoms with Gasteiger partial charge in [-0.3, -0.25) is 4.79 Å². The molecule has 1 aliphatic rings. The highest BCUT2D eigenvalue weighted by atomic mass is 32.2. The van der Waals surface area contributed by atoms with Crippen LogP contribution in [0.25, 0.3) is 10.8 Å². The van der Waals surface area contributed by atoms with E-state index in [1.807, 2.05) is 72.8 Å². The second-order valence-electron chi connectivity index (χ2n) is 7.35. The van der Waals surface area contributed by atoms with Gasteiger partial charge in [0.05, 0.1) is 11.0 Å². The van der Waals surface area contributed by atoms with E-state index in [1.54, 1.807) is 4.90 Å². The number of nitrogens with zero attached hydrogens (tertiary/aromatic N) is 1. The normalized spacial score (nSPS) is 15.6. The maximum Gasteiger partial charge on any atom is 0.253 e. The summed E-state index contributed by atoms with van der Waals surface area (Å²) in [7, 11) is -3.22. The summed E-state index contributed by atoms with van der Waals surface area (Å²) < 4.78 is 25.5. The third kappa shape index (κ3) is 3.94. The van der Waals surface area contributed by atoms with Crippen LogP contribution in [0, 0.1) is 0 Å². The number of hydrogen-bond donors (Lipinski definition) is 0. The van der Waals surface area contributed by atoms with Crippen molar-refractivity contribution in [2.45, 2.75) is 23.8 Å². The molecule has 4 nitrogen and oxygen atoms in total. The minimum Gasteiger partial charge on any atom is -0.339 e. The van der Waals surface area contributed by atoms with Gasteiger partial charge < -0.3 is 4.90 Å². The molecule has 0 spiro atoms. The zero-order valence-electron chi connectivity index (χ0n) is 15.6. The highest BCUT2D eigenvalue weighted by Crippen LogP contribution is 2.24. The van der Waals surface area contributed by atoms with Crippen LogP contribution in [0.2, 0.25) is 0 Å². The Morgan fingerprint density at radius 2 is 1.50 bits per heavy atom. The number of fused-ring (bicyclic) bond motifs is 1. The van der Waals surface area contributed by atoms with Crippen LogP contribution in [-0.2, 0) is 15.6 Å². The molecule has 0 N–H and O–H groups in total. The predicted octanol–water partition coefficient (Wildman–Crippen LogP) is 4.06. The molecule has 0 aromatic heterocycles. The smallest absolute Gasteiger partial charge is 0.253 e. The Morgan fingerprint density at radius 1 is 0.857 bits per heavy atom. The summed E-state index contributed by atoms with van der Waals surface area (Å²) in [6, 6.07) is 23.0. The molecular formula is C23H23NO3S. The molecule has 1 saturated heterocycles. The zero-order valence-corrected chi connectivity index (χ0v) is 16.4. The average Bonchev–Trinajstić information content (AvgIpc) is 2.73. The molecule has 1 aliphatic heterocycles. The molecule has 28 heavy (non-hydrogen) atoms. The predicted molar refractivity (Wildman–Crippen MR) is 112 cm³/mol. The molecule has 4 rings (SSSR count). The number of carbonyl (C=O) groups excluding carboxylic acids is 1. The summed E-state index contributed by atoms with van der Waals surface area (Å²) in [6.45, 7) is 0.953. The molecule has 1 fully saturated rings. The fourth-order valence-corrected chi connectivity index (χ4v) is 5.67. The van der Waals surface area contributed by atoms with Gasteiger partial charge in [0.1, 0.15) is 0 Å². The van der Waals surface area contributed by atoms with Gasteiger partial charge >= 0.3 is 0 Å². The highest BCUT2D eigenvalue weighted by Gasteiger charge is 2.31. The third-order valence-electron chi connectivity index (χ3n) is 5.44. The number of piperidine rings is 1. The second kappa shape index (κ2) is 7.76. The van der Waals surface area contributed by atoms with Crippen LogP contribution < -0.4 is 0 Å². The Kier molecular flexibility index (Phi) is 5.18. The van der Waals surface area contributed by atoms with Gasteiger partial charge in [0.2, 0.25) is 0 Å². The SMILES string of the molecule is O=C(c1ccc2ccccc2c1)N1CCC(S(=O)(=O)Cc2ccccc2)CC1. The number of carbonyl (C=O) groups is 1. The van der Waals surface area contributed by atoms with Crippen molar-refractivity contribution in [3.63, 3.8) is 0 Å². The second-order valence-corrected chi connectivity index (χ2v) is 9.63. The van der Waals surface area contributed by atoms with E-state index in [0.29, 0.717) is 31.5 Å². The Balaban J connectivity index is 1.42. The molecule has 3 aromatic carbocycles. The number of hydrogen-bond acceptors (Lipinski definition) is 3. The Morgan fingerprint density at radius 3 is 2.21 bits per heavy atom. The van der Waals surface area contributed by atoms with E-state index in [2.05, 4.69) is 0 Å².